The highest BCUT2D eigenvalue weighted by atomic mass is 16.2. The Hall–Kier alpha value is -2.35. The molecule has 5 nitrogen and oxygen atoms in total. The summed E-state index contributed by atoms with van der Waals surface area (Å²) in [6.07, 6.45) is 2.55. The number of rotatable bonds is 5. The molecule has 1 atom stereocenters. The van der Waals surface area contributed by atoms with Gasteiger partial charge in [0.05, 0.1) is 18.2 Å². The molecule has 1 aromatic rings. The molecule has 3 amide bonds. The van der Waals surface area contributed by atoms with Gasteiger partial charge >= 0.3 is 6.03 Å². The number of unbranched alkanes of at least 4 members (excludes halogenated alkanes) is 1. The average molecular weight is 271 g/mol. The minimum absolute atomic E-state index is 0.150. The van der Waals surface area contributed by atoms with Gasteiger partial charge in [-0.1, -0.05) is 38.0 Å². The largest absolute Gasteiger partial charge is 0.326 e. The van der Waals surface area contributed by atoms with E-state index in [9.17, 15) is 9.59 Å². The van der Waals surface area contributed by atoms with Gasteiger partial charge in [0, 0.05) is 0 Å². The number of nitriles is 1. The highest BCUT2D eigenvalue weighted by Crippen LogP contribution is 2.17. The molecule has 1 fully saturated rings. The lowest BCUT2D eigenvalue weighted by Crippen LogP contribution is -2.31. The minimum Gasteiger partial charge on any atom is -0.326 e. The van der Waals surface area contributed by atoms with Crippen molar-refractivity contribution >= 4 is 11.9 Å². The number of imide groups is 1. The number of urea groups is 1. The lowest BCUT2D eigenvalue weighted by atomic mass is 10.1. The fraction of sp³-hybridized carbons (Fsp3) is 0.400. The van der Waals surface area contributed by atoms with Crippen LogP contribution in [-0.4, -0.2) is 22.9 Å². The summed E-state index contributed by atoms with van der Waals surface area (Å²) in [5.74, 6) is -0.198. The first kappa shape index (κ1) is 14.1. The first-order valence-corrected chi connectivity index (χ1v) is 6.77. The molecule has 20 heavy (non-hydrogen) atoms. The molecule has 1 N–H and O–H groups in total. The molecule has 0 saturated carbocycles. The molecule has 104 valence electrons. The van der Waals surface area contributed by atoms with Gasteiger partial charge in [-0.15, -0.1) is 0 Å². The summed E-state index contributed by atoms with van der Waals surface area (Å²) in [5, 5.41) is 11.7. The van der Waals surface area contributed by atoms with E-state index in [4.69, 9.17) is 5.26 Å². The number of nitrogens with one attached hydrogen (secondary N) is 1. The van der Waals surface area contributed by atoms with Crippen LogP contribution < -0.4 is 5.32 Å². The van der Waals surface area contributed by atoms with Gasteiger partial charge in [-0.25, -0.2) is 4.79 Å². The molecule has 1 saturated heterocycles. The highest BCUT2D eigenvalue weighted by Gasteiger charge is 2.37. The maximum Gasteiger partial charge on any atom is 0.325 e. The van der Waals surface area contributed by atoms with E-state index in [0.717, 1.165) is 12.8 Å². The lowest BCUT2D eigenvalue weighted by Gasteiger charge is -2.13. The van der Waals surface area contributed by atoms with Crippen LogP contribution in [0.1, 0.15) is 37.3 Å². The van der Waals surface area contributed by atoms with Crippen molar-refractivity contribution < 1.29 is 9.59 Å². The summed E-state index contributed by atoms with van der Waals surface area (Å²) < 4.78 is 0. The standard InChI is InChI=1S/C15H17N3O2/c1-2-3-8-13-14(19)18(15(20)17-13)10-12-7-5-4-6-11(12)9-16/h4-7,13H,2-3,8,10H2,1H3,(H,17,20)/t13-/m1/s1. The van der Waals surface area contributed by atoms with Gasteiger partial charge in [0.25, 0.3) is 5.91 Å². The van der Waals surface area contributed by atoms with Crippen LogP contribution >= 0.6 is 0 Å². The molecular weight excluding hydrogens is 254 g/mol. The van der Waals surface area contributed by atoms with Gasteiger partial charge in [-0.3, -0.25) is 9.69 Å². The van der Waals surface area contributed by atoms with Crippen molar-refractivity contribution in [2.75, 3.05) is 0 Å². The molecule has 0 aromatic heterocycles. The van der Waals surface area contributed by atoms with Crippen molar-refractivity contribution in [1.82, 2.24) is 10.2 Å². The second-order valence-corrected chi connectivity index (χ2v) is 4.84. The van der Waals surface area contributed by atoms with E-state index < -0.39 is 6.04 Å². The van der Waals surface area contributed by atoms with Crippen molar-refractivity contribution in [3.8, 4) is 6.07 Å². The van der Waals surface area contributed by atoms with Gasteiger partial charge in [-0.05, 0) is 18.1 Å². The van der Waals surface area contributed by atoms with E-state index in [0.29, 0.717) is 17.5 Å². The third-order valence-electron chi connectivity index (χ3n) is 3.42. The van der Waals surface area contributed by atoms with E-state index in [1.165, 1.54) is 4.90 Å². The summed E-state index contributed by atoms with van der Waals surface area (Å²) in [5.41, 5.74) is 1.18. The maximum absolute atomic E-state index is 12.2. The van der Waals surface area contributed by atoms with Crippen LogP contribution in [-0.2, 0) is 11.3 Å². The summed E-state index contributed by atoms with van der Waals surface area (Å²) in [7, 11) is 0. The number of hydrogen-bond acceptors (Lipinski definition) is 3. The predicted molar refractivity (Wildman–Crippen MR) is 73.6 cm³/mol. The van der Waals surface area contributed by atoms with Crippen LogP contribution in [0.25, 0.3) is 0 Å². The van der Waals surface area contributed by atoms with Crippen molar-refractivity contribution in [2.24, 2.45) is 0 Å². The number of carbonyl (C=O) groups is 2. The molecule has 1 aromatic carbocycles. The molecule has 0 spiro atoms. The van der Waals surface area contributed by atoms with Crippen LogP contribution in [0.4, 0.5) is 4.79 Å². The molecular formula is C15H17N3O2. The summed E-state index contributed by atoms with van der Waals surface area (Å²) in [6, 6.07) is 8.29. The Balaban J connectivity index is 2.12. The third kappa shape index (κ3) is 2.80. The van der Waals surface area contributed by atoms with Crippen molar-refractivity contribution in [1.29, 1.82) is 5.26 Å². The van der Waals surface area contributed by atoms with Gasteiger partial charge in [0.15, 0.2) is 0 Å². The zero-order chi connectivity index (χ0) is 14.5. The Morgan fingerprint density at radius 1 is 1.35 bits per heavy atom. The van der Waals surface area contributed by atoms with Gasteiger partial charge in [-0.2, -0.15) is 5.26 Å². The van der Waals surface area contributed by atoms with Gasteiger partial charge < -0.3 is 5.32 Å². The van der Waals surface area contributed by atoms with Crippen LogP contribution in [0, 0.1) is 11.3 Å². The lowest BCUT2D eigenvalue weighted by molar-refractivity contribution is -0.128. The minimum atomic E-state index is -0.420. The van der Waals surface area contributed by atoms with Crippen LogP contribution in [0.15, 0.2) is 24.3 Å². The smallest absolute Gasteiger partial charge is 0.325 e. The summed E-state index contributed by atoms with van der Waals surface area (Å²) in [4.78, 5) is 25.2. The van der Waals surface area contributed by atoms with Crippen molar-refractivity contribution in [3.63, 3.8) is 0 Å². The van der Waals surface area contributed by atoms with Gasteiger partial charge in [0.1, 0.15) is 6.04 Å². The molecule has 1 heterocycles. The van der Waals surface area contributed by atoms with E-state index >= 15 is 0 Å². The Bertz CT molecular complexity index is 562. The number of hydrogen-bond donors (Lipinski definition) is 1. The molecule has 5 heteroatoms. The number of nitrogens with zero attached hydrogens (tertiary/aromatic N) is 2. The molecule has 0 unspecified atom stereocenters. The monoisotopic (exact) mass is 271 g/mol. The Kier molecular flexibility index (Phi) is 4.36. The number of amides is 3. The van der Waals surface area contributed by atoms with Crippen LogP contribution in [0.5, 0.6) is 0 Å². The molecule has 1 aliphatic heterocycles. The second-order valence-electron chi connectivity index (χ2n) is 4.84. The average Bonchev–Trinajstić information content (AvgIpc) is 2.73. The van der Waals surface area contributed by atoms with Crippen molar-refractivity contribution in [2.45, 2.75) is 38.8 Å². The maximum atomic E-state index is 12.2. The summed E-state index contributed by atoms with van der Waals surface area (Å²) >= 11 is 0. The first-order valence-electron chi connectivity index (χ1n) is 6.77. The molecule has 1 aliphatic rings. The Morgan fingerprint density at radius 2 is 2.10 bits per heavy atom. The summed E-state index contributed by atoms with van der Waals surface area (Å²) in [6.45, 7) is 2.19. The number of carbonyl (C=O) groups excluding carboxylic acids is 2. The van der Waals surface area contributed by atoms with E-state index in [2.05, 4.69) is 11.4 Å². The fourth-order valence-electron chi connectivity index (χ4n) is 2.27. The Labute approximate surface area is 118 Å². The molecule has 0 aliphatic carbocycles. The molecule has 0 radical (unpaired) electrons. The third-order valence-corrected chi connectivity index (χ3v) is 3.42. The first-order chi connectivity index (χ1) is 9.67. The number of benzene rings is 1. The quantitative estimate of drug-likeness (QED) is 0.834. The van der Waals surface area contributed by atoms with Crippen molar-refractivity contribution in [3.05, 3.63) is 35.4 Å². The van der Waals surface area contributed by atoms with E-state index in [-0.39, 0.29) is 18.5 Å². The predicted octanol–water partition coefficient (Wildman–Crippen LogP) is 2.17. The van der Waals surface area contributed by atoms with Crippen LogP contribution in [0.2, 0.25) is 0 Å². The fourth-order valence-corrected chi connectivity index (χ4v) is 2.27. The van der Waals surface area contributed by atoms with E-state index in [1.807, 2.05) is 6.92 Å². The zero-order valence-electron chi connectivity index (χ0n) is 11.4. The second kappa shape index (κ2) is 6.20. The zero-order valence-corrected chi connectivity index (χ0v) is 11.4. The Morgan fingerprint density at radius 3 is 2.80 bits per heavy atom. The van der Waals surface area contributed by atoms with E-state index in [1.54, 1.807) is 24.3 Å². The van der Waals surface area contributed by atoms with Crippen LogP contribution in [0.3, 0.4) is 0 Å². The molecule has 2 rings (SSSR count). The normalized spacial score (nSPS) is 18.0. The van der Waals surface area contributed by atoms with Gasteiger partial charge in [0.2, 0.25) is 0 Å². The topological polar surface area (TPSA) is 73.2 Å². The highest BCUT2D eigenvalue weighted by molar-refractivity contribution is 6.04. The SMILES string of the molecule is CCCC[C@H]1NC(=O)N(Cc2ccccc2C#N)C1=O. The molecule has 0 bridgehead atoms.